The van der Waals surface area contributed by atoms with Gasteiger partial charge in [-0.3, -0.25) is 4.57 Å². The van der Waals surface area contributed by atoms with Crippen molar-refractivity contribution in [3.63, 3.8) is 0 Å². The number of thioether (sulfide) groups is 1. The third kappa shape index (κ3) is 5.98. The molecule has 0 saturated carbocycles. The quantitative estimate of drug-likeness (QED) is 0.517. The molecule has 0 radical (unpaired) electrons. The van der Waals surface area contributed by atoms with E-state index in [0.717, 1.165) is 4.91 Å². The van der Waals surface area contributed by atoms with Crippen molar-refractivity contribution in [1.82, 2.24) is 0 Å². The Morgan fingerprint density at radius 1 is 1.47 bits per heavy atom. The molecule has 0 saturated heterocycles. The molecule has 0 aliphatic carbocycles. The standard InChI is InChI=1S/C9H18ClO3PS/c1-5-12-14(11,13-6-2)7-9(15-4)8(3)10/h7-8H,5-6H2,1-4H3/b9-7-. The zero-order chi connectivity index (χ0) is 11.9. The monoisotopic (exact) mass is 272 g/mol. The van der Waals surface area contributed by atoms with Crippen molar-refractivity contribution in [3.8, 4) is 0 Å². The lowest BCUT2D eigenvalue weighted by Gasteiger charge is -2.15. The lowest BCUT2D eigenvalue weighted by atomic mass is 10.5. The third-order valence-corrected chi connectivity index (χ3v) is 4.84. The molecular weight excluding hydrogens is 255 g/mol. The molecule has 3 nitrogen and oxygen atoms in total. The first-order valence-corrected chi connectivity index (χ1v) is 8.06. The molecule has 1 unspecified atom stereocenters. The molecule has 0 spiro atoms. The zero-order valence-corrected chi connectivity index (χ0v) is 12.0. The Kier molecular flexibility index (Phi) is 8.02. The SMILES string of the molecule is CCOP(=O)(/C=C(\SC)C(C)Cl)OCC. The van der Waals surface area contributed by atoms with E-state index >= 15 is 0 Å². The molecule has 0 fully saturated rings. The Morgan fingerprint density at radius 3 is 2.20 bits per heavy atom. The minimum absolute atomic E-state index is 0.186. The van der Waals surface area contributed by atoms with Crippen LogP contribution in [0.4, 0.5) is 0 Å². The Balaban J connectivity index is 4.84. The molecule has 1 atom stereocenters. The molecule has 0 aromatic heterocycles. The van der Waals surface area contributed by atoms with Crippen LogP contribution in [-0.2, 0) is 13.6 Å². The van der Waals surface area contributed by atoms with E-state index < -0.39 is 7.60 Å². The van der Waals surface area contributed by atoms with Gasteiger partial charge in [-0.2, -0.15) is 0 Å². The molecule has 0 aromatic rings. The third-order valence-electron chi connectivity index (χ3n) is 1.53. The van der Waals surface area contributed by atoms with Gasteiger partial charge < -0.3 is 9.05 Å². The van der Waals surface area contributed by atoms with Gasteiger partial charge in [-0.15, -0.1) is 23.4 Å². The van der Waals surface area contributed by atoms with E-state index in [1.807, 2.05) is 13.2 Å². The van der Waals surface area contributed by atoms with Crippen molar-refractivity contribution in [2.45, 2.75) is 26.1 Å². The van der Waals surface area contributed by atoms with Crippen LogP contribution in [0.2, 0.25) is 0 Å². The Labute approximate surface area is 101 Å². The second kappa shape index (κ2) is 7.75. The highest BCUT2D eigenvalue weighted by atomic mass is 35.5. The maximum Gasteiger partial charge on any atom is 0.355 e. The zero-order valence-electron chi connectivity index (χ0n) is 9.53. The summed E-state index contributed by atoms with van der Waals surface area (Å²) in [5, 5.41) is -0.186. The first-order valence-electron chi connectivity index (χ1n) is 4.78. The summed E-state index contributed by atoms with van der Waals surface area (Å²) >= 11 is 7.38. The van der Waals surface area contributed by atoms with E-state index in [9.17, 15) is 4.57 Å². The molecule has 0 heterocycles. The van der Waals surface area contributed by atoms with Crippen molar-refractivity contribution in [3.05, 3.63) is 10.7 Å². The van der Waals surface area contributed by atoms with Crippen LogP contribution < -0.4 is 0 Å². The Hall–Kier alpha value is 0.530. The molecule has 0 aliphatic rings. The molecule has 6 heteroatoms. The maximum absolute atomic E-state index is 12.1. The molecule has 0 rings (SSSR count). The highest BCUT2D eigenvalue weighted by Gasteiger charge is 2.22. The van der Waals surface area contributed by atoms with E-state index in [0.29, 0.717) is 13.2 Å². The lowest BCUT2D eigenvalue weighted by Crippen LogP contribution is -1.97. The summed E-state index contributed by atoms with van der Waals surface area (Å²) in [6, 6.07) is 0. The van der Waals surface area contributed by atoms with E-state index in [2.05, 4.69) is 0 Å². The van der Waals surface area contributed by atoms with E-state index in [1.54, 1.807) is 13.8 Å². The topological polar surface area (TPSA) is 35.5 Å². The molecule has 0 aliphatic heterocycles. The minimum atomic E-state index is -3.11. The van der Waals surface area contributed by atoms with Crippen LogP contribution in [0.1, 0.15) is 20.8 Å². The van der Waals surface area contributed by atoms with Gasteiger partial charge in [-0.25, -0.2) is 0 Å². The molecule has 0 aromatic carbocycles. The van der Waals surface area contributed by atoms with Crippen LogP contribution in [0.3, 0.4) is 0 Å². The van der Waals surface area contributed by atoms with Crippen molar-refractivity contribution < 1.29 is 13.6 Å². The van der Waals surface area contributed by atoms with Crippen LogP contribution in [0, 0.1) is 0 Å². The molecule has 0 amide bonds. The summed E-state index contributed by atoms with van der Waals surface area (Å²) < 4.78 is 22.4. The molecule has 0 N–H and O–H groups in total. The number of rotatable bonds is 7. The first kappa shape index (κ1) is 15.5. The number of hydrogen-bond donors (Lipinski definition) is 0. The molecule has 15 heavy (non-hydrogen) atoms. The van der Waals surface area contributed by atoms with Gasteiger partial charge in [-0.05, 0) is 27.0 Å². The predicted octanol–water partition coefficient (Wildman–Crippen LogP) is 4.08. The normalized spacial score (nSPS) is 15.4. The summed E-state index contributed by atoms with van der Waals surface area (Å²) in [5.41, 5.74) is 0. The highest BCUT2D eigenvalue weighted by molar-refractivity contribution is 8.02. The first-order chi connectivity index (χ1) is 6.99. The fraction of sp³-hybridized carbons (Fsp3) is 0.778. The summed E-state index contributed by atoms with van der Waals surface area (Å²) in [7, 11) is -3.11. The van der Waals surface area contributed by atoms with Crippen molar-refractivity contribution in [2.24, 2.45) is 0 Å². The van der Waals surface area contributed by atoms with Crippen LogP contribution in [0.15, 0.2) is 10.7 Å². The maximum atomic E-state index is 12.1. The fourth-order valence-electron chi connectivity index (χ4n) is 0.945. The Bertz CT molecular complexity index is 246. The van der Waals surface area contributed by atoms with Crippen molar-refractivity contribution in [1.29, 1.82) is 0 Å². The average molecular weight is 273 g/mol. The smallest absolute Gasteiger partial charge is 0.306 e. The second-order valence-electron chi connectivity index (χ2n) is 2.73. The van der Waals surface area contributed by atoms with Crippen LogP contribution in [-0.4, -0.2) is 24.8 Å². The largest absolute Gasteiger partial charge is 0.355 e. The minimum Gasteiger partial charge on any atom is -0.306 e. The van der Waals surface area contributed by atoms with Gasteiger partial charge in [0.2, 0.25) is 0 Å². The van der Waals surface area contributed by atoms with E-state index in [4.69, 9.17) is 20.6 Å². The lowest BCUT2D eigenvalue weighted by molar-refractivity contribution is 0.229. The number of hydrogen-bond acceptors (Lipinski definition) is 4. The molecular formula is C9H18ClO3PS. The van der Waals surface area contributed by atoms with Gasteiger partial charge in [0.05, 0.1) is 18.6 Å². The van der Waals surface area contributed by atoms with Crippen LogP contribution in [0.5, 0.6) is 0 Å². The van der Waals surface area contributed by atoms with Crippen molar-refractivity contribution >= 4 is 31.0 Å². The van der Waals surface area contributed by atoms with Gasteiger partial charge in [-0.1, -0.05) is 0 Å². The van der Waals surface area contributed by atoms with Gasteiger partial charge >= 0.3 is 7.60 Å². The van der Waals surface area contributed by atoms with Gasteiger partial charge in [0.1, 0.15) is 0 Å². The predicted molar refractivity (Wildman–Crippen MR) is 67.8 cm³/mol. The van der Waals surface area contributed by atoms with Crippen molar-refractivity contribution in [2.75, 3.05) is 19.5 Å². The van der Waals surface area contributed by atoms with Crippen LogP contribution >= 0.6 is 31.0 Å². The summed E-state index contributed by atoms with van der Waals surface area (Å²) in [6.45, 7) is 6.09. The molecule has 0 bridgehead atoms. The van der Waals surface area contributed by atoms with Gasteiger partial charge in [0.25, 0.3) is 0 Å². The fourth-order valence-corrected chi connectivity index (χ4v) is 3.98. The number of allylic oxidation sites excluding steroid dienone is 1. The molecule has 90 valence electrons. The van der Waals surface area contributed by atoms with E-state index in [1.165, 1.54) is 17.6 Å². The van der Waals surface area contributed by atoms with Gasteiger partial charge in [0, 0.05) is 10.7 Å². The average Bonchev–Trinajstić information content (AvgIpc) is 2.14. The van der Waals surface area contributed by atoms with Gasteiger partial charge in [0.15, 0.2) is 0 Å². The Morgan fingerprint density at radius 2 is 1.93 bits per heavy atom. The summed E-state index contributed by atoms with van der Waals surface area (Å²) in [4.78, 5) is 0.807. The number of halogens is 1. The van der Waals surface area contributed by atoms with E-state index in [-0.39, 0.29) is 5.38 Å². The van der Waals surface area contributed by atoms with Crippen LogP contribution in [0.25, 0.3) is 0 Å². The highest BCUT2D eigenvalue weighted by Crippen LogP contribution is 2.52. The summed E-state index contributed by atoms with van der Waals surface area (Å²) in [5.74, 6) is 1.52. The summed E-state index contributed by atoms with van der Waals surface area (Å²) in [6.07, 6.45) is 1.88. The number of alkyl halides is 1. The second-order valence-corrected chi connectivity index (χ2v) is 6.12.